The molecule has 5 nitrogen and oxygen atoms in total. The van der Waals surface area contributed by atoms with Gasteiger partial charge in [-0.05, 0) is 0 Å². The number of halogens is 1. The van der Waals surface area contributed by atoms with Crippen LogP contribution < -0.4 is 19.9 Å². The first-order chi connectivity index (χ1) is 6.81. The van der Waals surface area contributed by atoms with Gasteiger partial charge in [0, 0.05) is 12.1 Å². The monoisotopic (exact) mass is 233 g/mol. The summed E-state index contributed by atoms with van der Waals surface area (Å²) in [5, 5.41) is 8.59. The van der Waals surface area contributed by atoms with Gasteiger partial charge < -0.3 is 25.1 Å². The van der Waals surface area contributed by atoms with Gasteiger partial charge in [0.1, 0.15) is 12.4 Å². The highest BCUT2D eigenvalue weighted by atomic mass is 35.5. The number of hydrogen-bond acceptors (Lipinski definition) is 5. The second kappa shape index (κ2) is 4.95. The molecule has 2 rings (SSSR count). The number of rotatable bonds is 3. The van der Waals surface area contributed by atoms with Gasteiger partial charge in [0.2, 0.25) is 6.79 Å². The van der Waals surface area contributed by atoms with E-state index in [0.29, 0.717) is 22.9 Å². The highest BCUT2D eigenvalue weighted by Crippen LogP contribution is 2.39. The minimum absolute atomic E-state index is 0. The fourth-order valence-electron chi connectivity index (χ4n) is 1.22. The number of aliphatic hydroxyl groups is 1. The van der Waals surface area contributed by atoms with Crippen LogP contribution in [0.5, 0.6) is 17.2 Å². The smallest absolute Gasteiger partial charge is 0.231 e. The van der Waals surface area contributed by atoms with Crippen LogP contribution in [0.25, 0.3) is 0 Å². The van der Waals surface area contributed by atoms with E-state index in [4.69, 9.17) is 25.1 Å². The molecule has 0 aromatic heterocycles. The first-order valence-corrected chi connectivity index (χ1v) is 4.24. The lowest BCUT2D eigenvalue weighted by atomic mass is 10.2. The third kappa shape index (κ3) is 2.37. The van der Waals surface area contributed by atoms with E-state index in [1.165, 1.54) is 0 Å². The fourth-order valence-corrected chi connectivity index (χ4v) is 1.22. The third-order valence-electron chi connectivity index (χ3n) is 1.85. The molecule has 84 valence electrons. The Labute approximate surface area is 93.1 Å². The Kier molecular flexibility index (Phi) is 3.88. The molecule has 6 heteroatoms. The Hall–Kier alpha value is -1.33. The predicted octanol–water partition coefficient (Wildman–Crippen LogP) is 0.790. The zero-order valence-electron chi connectivity index (χ0n) is 7.93. The quantitative estimate of drug-likeness (QED) is 0.755. The van der Waals surface area contributed by atoms with Crippen molar-refractivity contribution in [3.8, 4) is 17.2 Å². The number of nitrogens with two attached hydrogens (primary N) is 1. The molecule has 0 bridgehead atoms. The normalized spacial score (nSPS) is 12.1. The van der Waals surface area contributed by atoms with Gasteiger partial charge in [-0.2, -0.15) is 0 Å². The summed E-state index contributed by atoms with van der Waals surface area (Å²) in [7, 11) is 0. The van der Waals surface area contributed by atoms with Crippen LogP contribution in [0.3, 0.4) is 0 Å². The molecule has 1 aliphatic rings. The molecule has 0 unspecified atom stereocenters. The van der Waals surface area contributed by atoms with Crippen LogP contribution in [-0.4, -0.2) is 25.1 Å². The topological polar surface area (TPSA) is 73.9 Å². The van der Waals surface area contributed by atoms with Gasteiger partial charge >= 0.3 is 0 Å². The Morgan fingerprint density at radius 3 is 2.67 bits per heavy atom. The summed E-state index contributed by atoms with van der Waals surface area (Å²) in [6.45, 7) is 0.371. The number of aliphatic hydroxyl groups excluding tert-OH is 1. The second-order valence-electron chi connectivity index (χ2n) is 2.82. The Morgan fingerprint density at radius 2 is 2.00 bits per heavy atom. The van der Waals surface area contributed by atoms with Crippen molar-refractivity contribution in [1.82, 2.24) is 0 Å². The minimum atomic E-state index is -0.0477. The minimum Gasteiger partial charge on any atom is -0.489 e. The van der Waals surface area contributed by atoms with E-state index in [2.05, 4.69) is 0 Å². The summed E-state index contributed by atoms with van der Waals surface area (Å²) in [6, 6.07) is 3.31. The van der Waals surface area contributed by atoms with Gasteiger partial charge in [-0.15, -0.1) is 12.4 Å². The van der Waals surface area contributed by atoms with Gasteiger partial charge in [0.15, 0.2) is 11.5 Å². The van der Waals surface area contributed by atoms with E-state index in [0.717, 1.165) is 0 Å². The Balaban J connectivity index is 0.00000112. The zero-order chi connectivity index (χ0) is 9.97. The second-order valence-corrected chi connectivity index (χ2v) is 2.82. The standard InChI is InChI=1S/C9H11NO4.ClH/c10-6-3-8-9(14-5-13-8)4-7(6)12-2-1-11;/h3-4,11H,1-2,5,10H2;1H. The summed E-state index contributed by atoms with van der Waals surface area (Å²) < 4.78 is 15.5. The molecule has 1 aromatic rings. The van der Waals surface area contributed by atoms with E-state index in [-0.39, 0.29) is 32.4 Å². The van der Waals surface area contributed by atoms with Gasteiger partial charge in [-0.25, -0.2) is 0 Å². The molecule has 0 fully saturated rings. The van der Waals surface area contributed by atoms with Crippen molar-refractivity contribution in [2.24, 2.45) is 0 Å². The van der Waals surface area contributed by atoms with Crippen LogP contribution in [0.2, 0.25) is 0 Å². The van der Waals surface area contributed by atoms with Crippen molar-refractivity contribution >= 4 is 18.1 Å². The first kappa shape index (κ1) is 11.7. The largest absolute Gasteiger partial charge is 0.489 e. The summed E-state index contributed by atoms with van der Waals surface area (Å²) in [4.78, 5) is 0. The maximum absolute atomic E-state index is 8.59. The lowest BCUT2D eigenvalue weighted by molar-refractivity contribution is 0.173. The number of ether oxygens (including phenoxy) is 3. The average molecular weight is 234 g/mol. The third-order valence-corrected chi connectivity index (χ3v) is 1.85. The molecular formula is C9H12ClNO4. The van der Waals surface area contributed by atoms with E-state index in [9.17, 15) is 0 Å². The van der Waals surface area contributed by atoms with Gasteiger partial charge in [-0.3, -0.25) is 0 Å². The van der Waals surface area contributed by atoms with Gasteiger partial charge in [-0.1, -0.05) is 0 Å². The van der Waals surface area contributed by atoms with Crippen molar-refractivity contribution in [3.63, 3.8) is 0 Å². The van der Waals surface area contributed by atoms with Gasteiger partial charge in [0.05, 0.1) is 12.3 Å². The maximum atomic E-state index is 8.59. The van der Waals surface area contributed by atoms with Crippen molar-refractivity contribution in [2.45, 2.75) is 0 Å². The molecule has 0 radical (unpaired) electrons. The number of hydrogen-bond donors (Lipinski definition) is 2. The molecule has 0 saturated heterocycles. The zero-order valence-corrected chi connectivity index (χ0v) is 8.75. The molecule has 0 amide bonds. The van der Waals surface area contributed by atoms with Crippen molar-refractivity contribution < 1.29 is 19.3 Å². The molecule has 1 heterocycles. The lowest BCUT2D eigenvalue weighted by Crippen LogP contribution is -2.03. The van der Waals surface area contributed by atoms with E-state index in [1.807, 2.05) is 0 Å². The van der Waals surface area contributed by atoms with Crippen LogP contribution in [0.1, 0.15) is 0 Å². The SMILES string of the molecule is Cl.Nc1cc2c(cc1OCCO)OCO2. The molecule has 0 saturated carbocycles. The molecule has 0 spiro atoms. The maximum Gasteiger partial charge on any atom is 0.231 e. The van der Waals surface area contributed by atoms with Crippen LogP contribution in [0, 0.1) is 0 Å². The van der Waals surface area contributed by atoms with Crippen LogP contribution in [-0.2, 0) is 0 Å². The first-order valence-electron chi connectivity index (χ1n) is 4.24. The summed E-state index contributed by atoms with van der Waals surface area (Å²) in [5.74, 6) is 1.74. The van der Waals surface area contributed by atoms with E-state index < -0.39 is 0 Å². The highest BCUT2D eigenvalue weighted by Gasteiger charge is 2.16. The fraction of sp³-hybridized carbons (Fsp3) is 0.333. The van der Waals surface area contributed by atoms with E-state index in [1.54, 1.807) is 12.1 Å². The number of nitrogen functional groups attached to an aromatic ring is 1. The van der Waals surface area contributed by atoms with E-state index >= 15 is 0 Å². The lowest BCUT2D eigenvalue weighted by Gasteiger charge is -2.08. The van der Waals surface area contributed by atoms with Crippen LogP contribution >= 0.6 is 12.4 Å². The highest BCUT2D eigenvalue weighted by molar-refractivity contribution is 5.85. The molecule has 15 heavy (non-hydrogen) atoms. The number of anilines is 1. The van der Waals surface area contributed by atoms with Crippen LogP contribution in [0.4, 0.5) is 5.69 Å². The Morgan fingerprint density at radius 1 is 1.33 bits per heavy atom. The molecular weight excluding hydrogens is 222 g/mol. The molecule has 3 N–H and O–H groups in total. The summed E-state index contributed by atoms with van der Waals surface area (Å²) in [5.41, 5.74) is 6.17. The van der Waals surface area contributed by atoms with Crippen molar-refractivity contribution in [2.75, 3.05) is 25.7 Å². The molecule has 1 aromatic carbocycles. The Bertz CT molecular complexity index is 345. The molecule has 0 aliphatic carbocycles. The van der Waals surface area contributed by atoms with Gasteiger partial charge in [0.25, 0.3) is 0 Å². The van der Waals surface area contributed by atoms with Crippen molar-refractivity contribution in [1.29, 1.82) is 0 Å². The van der Waals surface area contributed by atoms with Crippen LogP contribution in [0.15, 0.2) is 12.1 Å². The predicted molar refractivity (Wildman–Crippen MR) is 56.8 cm³/mol. The molecule has 1 aliphatic heterocycles. The summed E-state index contributed by atoms with van der Waals surface area (Å²) >= 11 is 0. The van der Waals surface area contributed by atoms with Crippen molar-refractivity contribution in [3.05, 3.63) is 12.1 Å². The number of benzene rings is 1. The summed E-state index contributed by atoms with van der Waals surface area (Å²) in [6.07, 6.45) is 0. The average Bonchev–Trinajstić information content (AvgIpc) is 2.61. The number of fused-ring (bicyclic) bond motifs is 1. The molecule has 0 atom stereocenters.